The van der Waals surface area contributed by atoms with E-state index in [1.54, 1.807) is 36.8 Å². The molecule has 1 aromatic carbocycles. The van der Waals surface area contributed by atoms with Gasteiger partial charge in [-0.2, -0.15) is 0 Å². The van der Waals surface area contributed by atoms with Crippen LogP contribution in [0.15, 0.2) is 66.0 Å². The average Bonchev–Trinajstić information content (AvgIpc) is 3.14. The van der Waals surface area contributed by atoms with E-state index in [0.717, 1.165) is 5.69 Å². The molecule has 0 bridgehead atoms. The molecule has 0 saturated carbocycles. The Labute approximate surface area is 137 Å². The summed E-state index contributed by atoms with van der Waals surface area (Å²) in [6.45, 7) is 0.00204. The van der Waals surface area contributed by atoms with Gasteiger partial charge in [-0.1, -0.05) is 6.07 Å². The number of benzene rings is 1. The lowest BCUT2D eigenvalue weighted by Gasteiger charge is -2.12. The van der Waals surface area contributed by atoms with Crippen molar-refractivity contribution in [3.63, 3.8) is 0 Å². The maximum Gasteiger partial charge on any atom is 0.251 e. The van der Waals surface area contributed by atoms with E-state index >= 15 is 0 Å². The molecule has 0 radical (unpaired) electrons. The number of hydrogen-bond donors (Lipinski definition) is 3. The van der Waals surface area contributed by atoms with Gasteiger partial charge in [-0.25, -0.2) is 4.98 Å². The Bertz CT molecular complexity index is 869. The molecule has 7 nitrogen and oxygen atoms in total. The average molecular weight is 324 g/mol. The molecule has 1 unspecified atom stereocenters. The molecule has 0 fully saturated rings. The number of nitrogens with one attached hydrogen (secondary N) is 2. The molecule has 2 heterocycles. The van der Waals surface area contributed by atoms with Crippen molar-refractivity contribution in [2.75, 3.05) is 6.54 Å². The van der Waals surface area contributed by atoms with Gasteiger partial charge in [-0.15, -0.1) is 0 Å². The zero-order valence-electron chi connectivity index (χ0n) is 12.7. The number of pyridine rings is 1. The quantitative estimate of drug-likeness (QED) is 0.652. The van der Waals surface area contributed by atoms with E-state index in [2.05, 4.69) is 15.3 Å². The predicted molar refractivity (Wildman–Crippen MR) is 87.9 cm³/mol. The molecule has 2 aromatic heterocycles. The molecule has 0 saturated heterocycles. The molecule has 1 atom stereocenters. The molecule has 0 aliphatic carbocycles. The van der Waals surface area contributed by atoms with Gasteiger partial charge in [0.1, 0.15) is 6.10 Å². The van der Waals surface area contributed by atoms with Crippen LogP contribution in [0, 0.1) is 0 Å². The molecule has 3 aromatic rings. The topological polar surface area (TPSA) is 100 Å². The molecule has 0 aliphatic heterocycles. The lowest BCUT2D eigenvalue weighted by Crippen LogP contribution is -2.29. The van der Waals surface area contributed by atoms with Crippen molar-refractivity contribution in [3.8, 4) is 5.69 Å². The highest BCUT2D eigenvalue weighted by Crippen LogP contribution is 2.10. The third-order valence-corrected chi connectivity index (χ3v) is 3.54. The maximum absolute atomic E-state index is 12.1. The third kappa shape index (κ3) is 3.58. The molecule has 24 heavy (non-hydrogen) atoms. The van der Waals surface area contributed by atoms with Crippen molar-refractivity contribution in [3.05, 3.63) is 82.8 Å². The molecular formula is C17H16N4O3. The monoisotopic (exact) mass is 324 g/mol. The van der Waals surface area contributed by atoms with E-state index in [9.17, 15) is 14.7 Å². The van der Waals surface area contributed by atoms with Crippen molar-refractivity contribution in [1.29, 1.82) is 0 Å². The molecule has 3 N–H and O–H groups in total. The van der Waals surface area contributed by atoms with Gasteiger partial charge in [0, 0.05) is 41.9 Å². The number of hydrogen-bond acceptors (Lipinski definition) is 4. The lowest BCUT2D eigenvalue weighted by molar-refractivity contribution is 0.0914. The van der Waals surface area contributed by atoms with E-state index in [1.165, 1.54) is 6.07 Å². The zero-order valence-corrected chi connectivity index (χ0v) is 12.7. The van der Waals surface area contributed by atoms with Crippen LogP contribution >= 0.6 is 0 Å². The number of aromatic amines is 1. The number of carbonyl (C=O) groups excluding carboxylic acids is 1. The number of aromatic nitrogens is 3. The Morgan fingerprint density at radius 1 is 1.25 bits per heavy atom. The van der Waals surface area contributed by atoms with Crippen LogP contribution in [0.25, 0.3) is 5.69 Å². The number of carbonyl (C=O) groups is 1. The van der Waals surface area contributed by atoms with Crippen molar-refractivity contribution >= 4 is 5.91 Å². The van der Waals surface area contributed by atoms with Crippen molar-refractivity contribution < 1.29 is 9.90 Å². The van der Waals surface area contributed by atoms with Crippen LogP contribution in [0.4, 0.5) is 0 Å². The molecular weight excluding hydrogens is 308 g/mol. The largest absolute Gasteiger partial charge is 0.385 e. The number of aliphatic hydroxyl groups is 1. The minimum absolute atomic E-state index is 0.00204. The van der Waals surface area contributed by atoms with E-state index in [-0.39, 0.29) is 18.0 Å². The summed E-state index contributed by atoms with van der Waals surface area (Å²) in [7, 11) is 0. The second kappa shape index (κ2) is 6.93. The van der Waals surface area contributed by atoms with Gasteiger partial charge in [-0.05, 0) is 30.3 Å². The van der Waals surface area contributed by atoms with Gasteiger partial charge < -0.3 is 20.0 Å². The molecule has 3 rings (SSSR count). The molecule has 1 amide bonds. The molecule has 0 spiro atoms. The fourth-order valence-electron chi connectivity index (χ4n) is 2.26. The van der Waals surface area contributed by atoms with Crippen molar-refractivity contribution in [1.82, 2.24) is 19.9 Å². The fourth-order valence-corrected chi connectivity index (χ4v) is 2.26. The van der Waals surface area contributed by atoms with E-state index in [1.807, 2.05) is 22.9 Å². The fraction of sp³-hybridized carbons (Fsp3) is 0.118. The highest BCUT2D eigenvalue weighted by atomic mass is 16.3. The number of aliphatic hydroxyl groups excluding tert-OH is 1. The summed E-state index contributed by atoms with van der Waals surface area (Å²) in [5.41, 5.74) is 1.43. The number of imidazole rings is 1. The Kier molecular flexibility index (Phi) is 4.53. The van der Waals surface area contributed by atoms with Crippen LogP contribution in [0.1, 0.15) is 22.2 Å². The summed E-state index contributed by atoms with van der Waals surface area (Å²) in [6, 6.07) is 11.5. The van der Waals surface area contributed by atoms with Gasteiger partial charge in [0.15, 0.2) is 0 Å². The summed E-state index contributed by atoms with van der Waals surface area (Å²) >= 11 is 0. The van der Waals surface area contributed by atoms with Gasteiger partial charge in [0.2, 0.25) is 5.56 Å². The van der Waals surface area contributed by atoms with Gasteiger partial charge in [0.25, 0.3) is 5.91 Å². The van der Waals surface area contributed by atoms with Crippen LogP contribution < -0.4 is 10.9 Å². The van der Waals surface area contributed by atoms with Crippen LogP contribution in [0.2, 0.25) is 0 Å². The first-order chi connectivity index (χ1) is 11.6. The van der Waals surface area contributed by atoms with Crippen LogP contribution in [0.5, 0.6) is 0 Å². The summed E-state index contributed by atoms with van der Waals surface area (Å²) in [6.07, 6.45) is 4.18. The Morgan fingerprint density at radius 2 is 2.04 bits per heavy atom. The van der Waals surface area contributed by atoms with Gasteiger partial charge in [0.05, 0.1) is 6.33 Å². The van der Waals surface area contributed by atoms with Crippen LogP contribution in [0.3, 0.4) is 0 Å². The van der Waals surface area contributed by atoms with E-state index < -0.39 is 6.10 Å². The van der Waals surface area contributed by atoms with Crippen molar-refractivity contribution in [2.45, 2.75) is 6.10 Å². The van der Waals surface area contributed by atoms with Gasteiger partial charge >= 0.3 is 0 Å². The first-order valence-corrected chi connectivity index (χ1v) is 7.37. The summed E-state index contributed by atoms with van der Waals surface area (Å²) in [4.78, 5) is 29.9. The second-order valence-electron chi connectivity index (χ2n) is 5.21. The SMILES string of the molecule is O=C(NCC(O)c1cccc(=O)[nH]1)c1ccc(-n2ccnc2)cc1. The molecule has 122 valence electrons. The zero-order chi connectivity index (χ0) is 16.9. The summed E-state index contributed by atoms with van der Waals surface area (Å²) in [5.74, 6) is -0.301. The van der Waals surface area contributed by atoms with Crippen LogP contribution in [-0.4, -0.2) is 32.1 Å². The normalized spacial score (nSPS) is 11.9. The first kappa shape index (κ1) is 15.7. The van der Waals surface area contributed by atoms with Crippen molar-refractivity contribution in [2.24, 2.45) is 0 Å². The molecule has 7 heteroatoms. The van der Waals surface area contributed by atoms with E-state index in [0.29, 0.717) is 11.3 Å². The minimum Gasteiger partial charge on any atom is -0.385 e. The smallest absolute Gasteiger partial charge is 0.251 e. The Balaban J connectivity index is 1.61. The number of H-pyrrole nitrogens is 1. The maximum atomic E-state index is 12.1. The number of amides is 1. The van der Waals surface area contributed by atoms with Crippen LogP contribution in [-0.2, 0) is 0 Å². The Hall–Kier alpha value is -3.19. The standard InChI is InChI=1S/C17H16N4O3/c22-15(14-2-1-3-16(23)20-14)10-19-17(24)12-4-6-13(7-5-12)21-9-8-18-11-21/h1-9,11,15,22H,10H2,(H,19,24)(H,20,23). The highest BCUT2D eigenvalue weighted by Gasteiger charge is 2.11. The number of rotatable bonds is 5. The predicted octanol–water partition coefficient (Wildman–Crippen LogP) is 1.02. The summed E-state index contributed by atoms with van der Waals surface area (Å²) in [5, 5.41) is 12.7. The van der Waals surface area contributed by atoms with Gasteiger partial charge in [-0.3, -0.25) is 9.59 Å². The highest BCUT2D eigenvalue weighted by molar-refractivity contribution is 5.94. The van der Waals surface area contributed by atoms with E-state index in [4.69, 9.17) is 0 Å². The lowest BCUT2D eigenvalue weighted by atomic mass is 10.1. The number of nitrogens with zero attached hydrogens (tertiary/aromatic N) is 2. The summed E-state index contributed by atoms with van der Waals surface area (Å²) < 4.78 is 1.83. The second-order valence-corrected chi connectivity index (χ2v) is 5.21. The Morgan fingerprint density at radius 3 is 2.71 bits per heavy atom. The minimum atomic E-state index is -0.979. The first-order valence-electron chi connectivity index (χ1n) is 7.37. The third-order valence-electron chi connectivity index (χ3n) is 3.54. The molecule has 0 aliphatic rings.